The van der Waals surface area contributed by atoms with Gasteiger partial charge in [0.15, 0.2) is 11.9 Å². The Hall–Kier alpha value is -0.960. The second kappa shape index (κ2) is 5.79. The van der Waals surface area contributed by atoms with Gasteiger partial charge >= 0.3 is 6.18 Å². The number of hydrogen-bond donors (Lipinski definition) is 4. The van der Waals surface area contributed by atoms with E-state index in [9.17, 15) is 13.2 Å². The highest BCUT2D eigenvalue weighted by Crippen LogP contribution is 2.29. The summed E-state index contributed by atoms with van der Waals surface area (Å²) in [5.41, 5.74) is 2.15. The number of rotatable bonds is 4. The van der Waals surface area contributed by atoms with E-state index in [1.54, 1.807) is 0 Å². The number of aromatic nitrogens is 1. The Morgan fingerprint density at radius 1 is 1.33 bits per heavy atom. The van der Waals surface area contributed by atoms with Crippen molar-refractivity contribution in [2.75, 3.05) is 17.3 Å². The topological polar surface area (TPSA) is 83.2 Å². The number of nitrogens with two attached hydrogens (primary N) is 1. The van der Waals surface area contributed by atoms with Gasteiger partial charge in [-0.3, -0.25) is 0 Å². The van der Waals surface area contributed by atoms with Gasteiger partial charge in [-0.2, -0.15) is 13.2 Å². The van der Waals surface area contributed by atoms with Gasteiger partial charge in [-0.1, -0.05) is 23.2 Å². The highest BCUT2D eigenvalue weighted by molar-refractivity contribution is 6.37. The first-order valence-electron chi connectivity index (χ1n) is 4.57. The Morgan fingerprint density at radius 3 is 2.39 bits per heavy atom. The monoisotopic (exact) mass is 304 g/mol. The molecule has 0 aliphatic heterocycles. The third kappa shape index (κ3) is 3.77. The van der Waals surface area contributed by atoms with Gasteiger partial charge in [0, 0.05) is 0 Å². The smallest absolute Gasteiger partial charge is 0.382 e. The first kappa shape index (κ1) is 15.1. The van der Waals surface area contributed by atoms with E-state index in [4.69, 9.17) is 34.2 Å². The molecule has 1 aromatic heterocycles. The number of anilines is 2. The molecule has 0 aliphatic carbocycles. The summed E-state index contributed by atoms with van der Waals surface area (Å²) in [6, 6.07) is 1.26. The summed E-state index contributed by atoms with van der Waals surface area (Å²) in [5, 5.41) is 11.2. The van der Waals surface area contributed by atoms with Crippen molar-refractivity contribution in [3.05, 3.63) is 16.1 Å². The van der Waals surface area contributed by atoms with Crippen LogP contribution < -0.4 is 16.6 Å². The van der Waals surface area contributed by atoms with Crippen molar-refractivity contribution in [1.29, 1.82) is 0 Å². The standard InChI is InChI=1S/C8H9Cl2F3N4O/c9-3-1-4(10)7(17-14)16-6(3)15-2-5(18)8(11,12)13/h1,5,18H,2,14H2,(H2,15,16,17). The third-order valence-corrected chi connectivity index (χ3v) is 2.48. The lowest BCUT2D eigenvalue weighted by Crippen LogP contribution is -2.35. The van der Waals surface area contributed by atoms with Crippen molar-refractivity contribution in [3.8, 4) is 0 Å². The Labute approximate surface area is 110 Å². The SMILES string of the molecule is NNc1nc(NCC(O)C(F)(F)F)c(Cl)cc1Cl. The Morgan fingerprint density at radius 2 is 1.89 bits per heavy atom. The van der Waals surface area contributed by atoms with Crippen LogP contribution in [0.3, 0.4) is 0 Å². The summed E-state index contributed by atoms with van der Waals surface area (Å²) in [7, 11) is 0. The molecule has 10 heteroatoms. The van der Waals surface area contributed by atoms with Crippen molar-refractivity contribution in [1.82, 2.24) is 4.98 Å². The van der Waals surface area contributed by atoms with Crippen LogP contribution in [-0.4, -0.2) is 28.9 Å². The number of nitrogen functional groups attached to an aromatic ring is 1. The van der Waals surface area contributed by atoms with Gasteiger partial charge in [0.1, 0.15) is 5.82 Å². The predicted molar refractivity (Wildman–Crippen MR) is 62.6 cm³/mol. The van der Waals surface area contributed by atoms with E-state index < -0.39 is 18.8 Å². The maximum absolute atomic E-state index is 12.1. The average Bonchev–Trinajstić information content (AvgIpc) is 2.26. The third-order valence-electron chi connectivity index (χ3n) is 1.91. The molecular weight excluding hydrogens is 296 g/mol. The summed E-state index contributed by atoms with van der Waals surface area (Å²) in [6.07, 6.45) is -7.25. The molecular formula is C8H9Cl2F3N4O. The van der Waals surface area contributed by atoms with E-state index in [1.165, 1.54) is 6.07 Å². The van der Waals surface area contributed by atoms with E-state index in [1.807, 2.05) is 0 Å². The molecule has 1 atom stereocenters. The number of alkyl halides is 3. The molecule has 0 bridgehead atoms. The van der Waals surface area contributed by atoms with E-state index in [0.29, 0.717) is 0 Å². The fourth-order valence-corrected chi connectivity index (χ4v) is 1.48. The van der Waals surface area contributed by atoms with Crippen LogP contribution in [-0.2, 0) is 0 Å². The highest BCUT2D eigenvalue weighted by atomic mass is 35.5. The zero-order chi connectivity index (χ0) is 13.9. The van der Waals surface area contributed by atoms with Crippen molar-refractivity contribution in [2.45, 2.75) is 12.3 Å². The summed E-state index contributed by atoms with van der Waals surface area (Å²) in [5.74, 6) is 5.07. The number of hydrazine groups is 1. The molecule has 0 fully saturated rings. The van der Waals surface area contributed by atoms with Gasteiger partial charge in [-0.15, -0.1) is 0 Å². The lowest BCUT2D eigenvalue weighted by molar-refractivity contribution is -0.198. The second-order valence-corrected chi connectivity index (χ2v) is 4.05. The molecule has 1 aromatic rings. The molecule has 0 amide bonds. The molecule has 0 saturated carbocycles. The molecule has 0 saturated heterocycles. The van der Waals surface area contributed by atoms with Crippen LogP contribution in [0.5, 0.6) is 0 Å². The molecule has 0 radical (unpaired) electrons. The molecule has 18 heavy (non-hydrogen) atoms. The molecule has 1 rings (SSSR count). The molecule has 1 heterocycles. The van der Waals surface area contributed by atoms with Gasteiger partial charge in [-0.05, 0) is 6.07 Å². The maximum atomic E-state index is 12.1. The zero-order valence-corrected chi connectivity index (χ0v) is 10.2. The van der Waals surface area contributed by atoms with Crippen molar-refractivity contribution < 1.29 is 18.3 Å². The number of hydrogen-bond acceptors (Lipinski definition) is 5. The van der Waals surface area contributed by atoms with E-state index in [2.05, 4.69) is 15.7 Å². The molecule has 102 valence electrons. The molecule has 0 aromatic carbocycles. The lowest BCUT2D eigenvalue weighted by atomic mass is 10.3. The molecule has 0 spiro atoms. The first-order chi connectivity index (χ1) is 8.25. The van der Waals surface area contributed by atoms with Crippen molar-refractivity contribution in [2.24, 2.45) is 5.84 Å². The normalized spacial score (nSPS) is 13.3. The van der Waals surface area contributed by atoms with E-state index >= 15 is 0 Å². The number of nitrogens with one attached hydrogen (secondary N) is 2. The molecule has 0 aliphatic rings. The van der Waals surface area contributed by atoms with Crippen LogP contribution in [0.25, 0.3) is 0 Å². The lowest BCUT2D eigenvalue weighted by Gasteiger charge is -2.16. The van der Waals surface area contributed by atoms with E-state index in [0.717, 1.165) is 0 Å². The molecule has 5 nitrogen and oxygen atoms in total. The predicted octanol–water partition coefficient (Wildman–Crippen LogP) is 2.01. The number of halogens is 5. The second-order valence-electron chi connectivity index (χ2n) is 3.23. The number of pyridine rings is 1. The molecule has 1 unspecified atom stereocenters. The maximum Gasteiger partial charge on any atom is 0.416 e. The average molecular weight is 305 g/mol. The number of nitrogens with zero attached hydrogens (tertiary/aromatic N) is 1. The minimum atomic E-state index is -4.72. The zero-order valence-electron chi connectivity index (χ0n) is 8.72. The van der Waals surface area contributed by atoms with Gasteiger partial charge in [-0.25, -0.2) is 10.8 Å². The van der Waals surface area contributed by atoms with Crippen LogP contribution in [0.15, 0.2) is 6.07 Å². The Balaban J connectivity index is 2.79. The Kier molecular flexibility index (Phi) is 4.85. The van der Waals surface area contributed by atoms with Gasteiger partial charge < -0.3 is 15.8 Å². The van der Waals surface area contributed by atoms with Crippen molar-refractivity contribution >= 4 is 34.8 Å². The number of aliphatic hydroxyl groups is 1. The summed E-state index contributed by atoms with van der Waals surface area (Å²) in [6.45, 7) is -0.790. The minimum Gasteiger partial charge on any atom is -0.382 e. The van der Waals surface area contributed by atoms with Gasteiger partial charge in [0.2, 0.25) is 0 Å². The van der Waals surface area contributed by atoms with E-state index in [-0.39, 0.29) is 21.7 Å². The minimum absolute atomic E-state index is 0.00775. The highest BCUT2D eigenvalue weighted by Gasteiger charge is 2.38. The van der Waals surface area contributed by atoms with Crippen LogP contribution in [0.4, 0.5) is 24.8 Å². The largest absolute Gasteiger partial charge is 0.416 e. The first-order valence-corrected chi connectivity index (χ1v) is 5.32. The summed E-state index contributed by atoms with van der Waals surface area (Å²) < 4.78 is 36.2. The fraction of sp³-hybridized carbons (Fsp3) is 0.375. The quantitative estimate of drug-likeness (QED) is 0.505. The number of aliphatic hydroxyl groups excluding tert-OH is 1. The van der Waals surface area contributed by atoms with Crippen LogP contribution >= 0.6 is 23.2 Å². The molecule has 5 N–H and O–H groups in total. The van der Waals surface area contributed by atoms with Crippen LogP contribution in [0.1, 0.15) is 0 Å². The Bertz CT molecular complexity index is 430. The van der Waals surface area contributed by atoms with Crippen LogP contribution in [0.2, 0.25) is 10.0 Å². The fourth-order valence-electron chi connectivity index (χ4n) is 1.00. The van der Waals surface area contributed by atoms with Gasteiger partial charge in [0.05, 0.1) is 16.6 Å². The van der Waals surface area contributed by atoms with Crippen molar-refractivity contribution in [3.63, 3.8) is 0 Å². The summed E-state index contributed by atoms with van der Waals surface area (Å²) in [4.78, 5) is 3.75. The van der Waals surface area contributed by atoms with Gasteiger partial charge in [0.25, 0.3) is 0 Å². The van der Waals surface area contributed by atoms with Crippen LogP contribution in [0, 0.1) is 0 Å². The summed E-state index contributed by atoms with van der Waals surface area (Å²) >= 11 is 11.4.